The fourth-order valence-electron chi connectivity index (χ4n) is 4.54. The van der Waals surface area contributed by atoms with Gasteiger partial charge in [-0.1, -0.05) is 11.6 Å². The number of hydrogen-bond acceptors (Lipinski definition) is 6. The molecule has 0 radical (unpaired) electrons. The van der Waals surface area contributed by atoms with Gasteiger partial charge in [-0.25, -0.2) is 4.79 Å². The lowest BCUT2D eigenvalue weighted by Gasteiger charge is -2.42. The highest BCUT2D eigenvalue weighted by Crippen LogP contribution is 2.59. The number of carbonyl (C=O) groups is 1. The van der Waals surface area contributed by atoms with E-state index < -0.39 is 11.7 Å². The van der Waals surface area contributed by atoms with Crippen molar-refractivity contribution in [3.05, 3.63) is 11.6 Å². The van der Waals surface area contributed by atoms with E-state index in [1.165, 1.54) is 5.57 Å². The molecule has 2 N–H and O–H groups in total. The molecule has 3 aliphatic rings. The van der Waals surface area contributed by atoms with Gasteiger partial charge in [0.2, 0.25) is 0 Å². The predicted molar refractivity (Wildman–Crippen MR) is 104 cm³/mol. The van der Waals surface area contributed by atoms with Crippen molar-refractivity contribution in [2.45, 2.75) is 89.0 Å². The molecule has 160 valence electrons. The number of nitrogens with one attached hydrogen (secondary N) is 1. The molecule has 1 aliphatic carbocycles. The Balaban J connectivity index is 1.69. The first kappa shape index (κ1) is 21.6. The van der Waals surface area contributed by atoms with E-state index in [0.29, 0.717) is 13.0 Å². The average molecular weight is 398 g/mol. The van der Waals surface area contributed by atoms with Gasteiger partial charge in [-0.05, 0) is 53.9 Å². The number of allylic oxidation sites excluding steroid dienone is 1. The van der Waals surface area contributed by atoms with Crippen molar-refractivity contribution < 1.29 is 28.8 Å². The number of alkyl carbamates (subject to hydrolysis) is 1. The van der Waals surface area contributed by atoms with Crippen LogP contribution in [0.25, 0.3) is 0 Å². The maximum atomic E-state index is 12.2. The summed E-state index contributed by atoms with van der Waals surface area (Å²) in [7, 11) is 1.65. The number of aliphatic hydroxyl groups is 1. The minimum atomic E-state index is -0.992. The molecule has 1 amide bonds. The number of rotatable bonds is 7. The monoisotopic (exact) mass is 397 g/mol. The molecule has 0 aromatic heterocycles. The van der Waals surface area contributed by atoms with Gasteiger partial charge in [0, 0.05) is 13.7 Å². The van der Waals surface area contributed by atoms with Crippen LogP contribution in [0.3, 0.4) is 0 Å². The summed E-state index contributed by atoms with van der Waals surface area (Å²) in [6.45, 7) is 10.4. The second-order valence-electron chi connectivity index (χ2n) is 9.49. The fraction of sp³-hybridized carbons (Fsp3) is 0.857. The second-order valence-corrected chi connectivity index (χ2v) is 9.49. The SMILES string of the molecule is CO[C@@H]1[C@H](OC(=O)NCC(C)(C)O)CCC2(CO2)[C@H]1[C@@]1(C)O[C@@H]1CC=C(C)C. The number of ether oxygens (including phenoxy) is 4. The van der Waals surface area contributed by atoms with Gasteiger partial charge in [-0.3, -0.25) is 0 Å². The van der Waals surface area contributed by atoms with Crippen LogP contribution in [0.4, 0.5) is 4.79 Å². The first-order valence-corrected chi connectivity index (χ1v) is 10.2. The summed E-state index contributed by atoms with van der Waals surface area (Å²) in [5.74, 6) is 0.00129. The topological polar surface area (TPSA) is 92.9 Å². The largest absolute Gasteiger partial charge is 0.443 e. The Bertz CT molecular complexity index is 619. The minimum absolute atomic E-state index is 0.00129. The van der Waals surface area contributed by atoms with Gasteiger partial charge in [0.25, 0.3) is 0 Å². The van der Waals surface area contributed by atoms with E-state index in [2.05, 4.69) is 32.2 Å². The third-order valence-corrected chi connectivity index (χ3v) is 6.16. The quantitative estimate of drug-likeness (QED) is 0.507. The van der Waals surface area contributed by atoms with Crippen LogP contribution in [0.1, 0.15) is 53.9 Å². The van der Waals surface area contributed by atoms with Gasteiger partial charge >= 0.3 is 6.09 Å². The fourth-order valence-corrected chi connectivity index (χ4v) is 4.54. The Morgan fingerprint density at radius 2 is 2.07 bits per heavy atom. The first-order valence-electron chi connectivity index (χ1n) is 10.2. The number of carbonyl (C=O) groups excluding carboxylic acids is 1. The van der Waals surface area contributed by atoms with Crippen LogP contribution < -0.4 is 5.32 Å². The molecular formula is C21H35NO6. The molecule has 2 saturated heterocycles. The maximum Gasteiger partial charge on any atom is 0.407 e. The molecule has 28 heavy (non-hydrogen) atoms. The van der Waals surface area contributed by atoms with Crippen LogP contribution in [0, 0.1) is 5.92 Å². The van der Waals surface area contributed by atoms with Gasteiger partial charge < -0.3 is 29.4 Å². The van der Waals surface area contributed by atoms with Crippen molar-refractivity contribution in [1.29, 1.82) is 0 Å². The van der Waals surface area contributed by atoms with Crippen molar-refractivity contribution in [2.24, 2.45) is 5.92 Å². The highest BCUT2D eigenvalue weighted by molar-refractivity contribution is 5.67. The lowest BCUT2D eigenvalue weighted by atomic mass is 9.68. The number of methoxy groups -OCH3 is 1. The summed E-state index contributed by atoms with van der Waals surface area (Å²) >= 11 is 0. The van der Waals surface area contributed by atoms with Crippen LogP contribution >= 0.6 is 0 Å². The van der Waals surface area contributed by atoms with Crippen LogP contribution in [-0.4, -0.2) is 66.6 Å². The minimum Gasteiger partial charge on any atom is -0.443 e. The predicted octanol–water partition coefficient (Wildman–Crippen LogP) is 2.56. The molecule has 1 spiro atoms. The van der Waals surface area contributed by atoms with E-state index >= 15 is 0 Å². The number of amides is 1. The highest BCUT2D eigenvalue weighted by atomic mass is 16.6. The van der Waals surface area contributed by atoms with E-state index in [-0.39, 0.29) is 42.0 Å². The zero-order valence-electron chi connectivity index (χ0n) is 17.9. The summed E-state index contributed by atoms with van der Waals surface area (Å²) in [5.41, 5.74) is -0.312. The summed E-state index contributed by atoms with van der Waals surface area (Å²) in [4.78, 5) is 12.2. The normalized spacial score (nSPS) is 39.4. The van der Waals surface area contributed by atoms with Gasteiger partial charge in [-0.15, -0.1) is 0 Å². The molecule has 3 rings (SSSR count). The maximum absolute atomic E-state index is 12.2. The van der Waals surface area contributed by atoms with E-state index in [0.717, 1.165) is 12.8 Å². The van der Waals surface area contributed by atoms with Crippen LogP contribution in [0.2, 0.25) is 0 Å². The lowest BCUT2D eigenvalue weighted by molar-refractivity contribution is -0.118. The Labute approximate surface area is 167 Å². The summed E-state index contributed by atoms with van der Waals surface area (Å²) in [6.07, 6.45) is 3.45. The highest BCUT2D eigenvalue weighted by Gasteiger charge is 2.72. The van der Waals surface area contributed by atoms with Crippen LogP contribution in [0.5, 0.6) is 0 Å². The Hall–Kier alpha value is -1.15. The third-order valence-electron chi connectivity index (χ3n) is 6.16. The molecule has 3 fully saturated rings. The van der Waals surface area contributed by atoms with Crippen molar-refractivity contribution in [3.63, 3.8) is 0 Å². The van der Waals surface area contributed by atoms with E-state index in [4.69, 9.17) is 18.9 Å². The Kier molecular flexibility index (Phi) is 5.85. The van der Waals surface area contributed by atoms with Gasteiger partial charge in [0.15, 0.2) is 0 Å². The molecule has 7 heteroatoms. The smallest absolute Gasteiger partial charge is 0.407 e. The van der Waals surface area contributed by atoms with Crippen LogP contribution in [0.15, 0.2) is 11.6 Å². The third kappa shape index (κ3) is 4.53. The molecule has 1 unspecified atom stereocenters. The van der Waals surface area contributed by atoms with Gasteiger partial charge in [0.1, 0.15) is 23.4 Å². The standard InChI is InChI=1S/C21H35NO6/c1-13(2)7-8-15-20(5,28-15)17-16(25-6)14(9-10-21(17)12-26-21)27-18(23)22-11-19(3,4)24/h7,14-17,24H,8-12H2,1-6H3,(H,22,23)/t14-,15-,16-,17-,20+,21?/m1/s1. The van der Waals surface area contributed by atoms with Crippen LogP contribution in [-0.2, 0) is 18.9 Å². The zero-order chi connectivity index (χ0) is 20.7. The average Bonchev–Trinajstić information content (AvgIpc) is 3.50. The molecule has 0 aromatic rings. The molecule has 7 nitrogen and oxygen atoms in total. The van der Waals surface area contributed by atoms with Crippen molar-refractivity contribution in [3.8, 4) is 0 Å². The number of epoxide rings is 2. The van der Waals surface area contributed by atoms with Crippen molar-refractivity contribution >= 4 is 6.09 Å². The van der Waals surface area contributed by atoms with E-state index in [1.54, 1.807) is 21.0 Å². The Morgan fingerprint density at radius 3 is 2.61 bits per heavy atom. The van der Waals surface area contributed by atoms with E-state index in [1.807, 2.05) is 0 Å². The number of hydrogen-bond donors (Lipinski definition) is 2. The molecule has 2 aliphatic heterocycles. The Morgan fingerprint density at radius 1 is 1.39 bits per heavy atom. The van der Waals surface area contributed by atoms with Crippen molar-refractivity contribution in [2.75, 3.05) is 20.3 Å². The molecule has 2 heterocycles. The molecule has 0 bridgehead atoms. The van der Waals surface area contributed by atoms with Crippen molar-refractivity contribution in [1.82, 2.24) is 5.32 Å². The molecule has 1 saturated carbocycles. The summed E-state index contributed by atoms with van der Waals surface area (Å²) in [6, 6.07) is 0. The zero-order valence-corrected chi connectivity index (χ0v) is 17.9. The molecule has 0 aromatic carbocycles. The molecule has 6 atom stereocenters. The van der Waals surface area contributed by atoms with E-state index in [9.17, 15) is 9.90 Å². The summed E-state index contributed by atoms with van der Waals surface area (Å²) < 4.78 is 23.6. The lowest BCUT2D eigenvalue weighted by Crippen LogP contribution is -2.56. The summed E-state index contributed by atoms with van der Waals surface area (Å²) in [5, 5.41) is 12.4. The molecular weight excluding hydrogens is 362 g/mol. The van der Waals surface area contributed by atoms with Gasteiger partial charge in [-0.2, -0.15) is 0 Å². The van der Waals surface area contributed by atoms with Gasteiger partial charge in [0.05, 0.1) is 24.2 Å². The first-order chi connectivity index (χ1) is 13.0. The second kappa shape index (κ2) is 7.59.